The fourth-order valence-electron chi connectivity index (χ4n) is 2.07. The first kappa shape index (κ1) is 14.3. The largest absolute Gasteiger partial charge is 0.497 e. The molecule has 22 heavy (non-hydrogen) atoms. The second-order valence-electron chi connectivity index (χ2n) is 4.59. The van der Waals surface area contributed by atoms with E-state index in [1.54, 1.807) is 37.9 Å². The van der Waals surface area contributed by atoms with Crippen LogP contribution in [-0.4, -0.2) is 25.1 Å². The fourth-order valence-corrected chi connectivity index (χ4v) is 2.79. The van der Waals surface area contributed by atoms with Crippen LogP contribution in [0.15, 0.2) is 41.9 Å². The molecule has 0 spiro atoms. The van der Waals surface area contributed by atoms with Crippen LogP contribution in [0.3, 0.4) is 0 Å². The minimum Gasteiger partial charge on any atom is -0.497 e. The number of nitrogens with zero attached hydrogens (tertiary/aromatic N) is 1. The highest BCUT2D eigenvalue weighted by Crippen LogP contribution is 2.25. The lowest BCUT2D eigenvalue weighted by Gasteiger charge is -2.09. The standard InChI is InChI=1S/C16H14N2O3S/c1-20-12-5-10(6-13(8-12)21-2)16(19)18-11-3-4-14-15(7-11)22-9-17-14/h3-9H,1-2H3,(H,18,19). The first-order chi connectivity index (χ1) is 10.7. The zero-order chi connectivity index (χ0) is 15.5. The van der Waals surface area contributed by atoms with E-state index in [0.29, 0.717) is 17.1 Å². The van der Waals surface area contributed by atoms with Gasteiger partial charge in [-0.2, -0.15) is 0 Å². The minimum atomic E-state index is -0.221. The van der Waals surface area contributed by atoms with Gasteiger partial charge in [0.25, 0.3) is 5.91 Å². The van der Waals surface area contributed by atoms with Gasteiger partial charge in [0.15, 0.2) is 0 Å². The highest BCUT2D eigenvalue weighted by atomic mass is 32.1. The van der Waals surface area contributed by atoms with Gasteiger partial charge in [-0.25, -0.2) is 4.98 Å². The van der Waals surface area contributed by atoms with Crippen LogP contribution in [0.5, 0.6) is 11.5 Å². The lowest BCUT2D eigenvalue weighted by molar-refractivity contribution is 0.102. The average molecular weight is 314 g/mol. The Morgan fingerprint density at radius 3 is 2.50 bits per heavy atom. The Hall–Kier alpha value is -2.60. The molecule has 112 valence electrons. The summed E-state index contributed by atoms with van der Waals surface area (Å²) in [7, 11) is 3.10. The van der Waals surface area contributed by atoms with E-state index in [1.807, 2.05) is 18.2 Å². The molecule has 0 bridgehead atoms. The van der Waals surface area contributed by atoms with E-state index >= 15 is 0 Å². The van der Waals surface area contributed by atoms with Crippen molar-refractivity contribution in [1.29, 1.82) is 0 Å². The van der Waals surface area contributed by atoms with Gasteiger partial charge >= 0.3 is 0 Å². The van der Waals surface area contributed by atoms with Crippen molar-refractivity contribution in [1.82, 2.24) is 4.98 Å². The monoisotopic (exact) mass is 314 g/mol. The van der Waals surface area contributed by atoms with E-state index in [2.05, 4.69) is 10.3 Å². The smallest absolute Gasteiger partial charge is 0.255 e. The molecule has 3 aromatic rings. The quantitative estimate of drug-likeness (QED) is 0.800. The number of rotatable bonds is 4. The van der Waals surface area contributed by atoms with E-state index in [0.717, 1.165) is 15.9 Å². The molecule has 0 atom stereocenters. The molecule has 1 aromatic heterocycles. The number of hydrogen-bond donors (Lipinski definition) is 1. The van der Waals surface area contributed by atoms with E-state index in [-0.39, 0.29) is 5.91 Å². The lowest BCUT2D eigenvalue weighted by atomic mass is 10.1. The molecular weight excluding hydrogens is 300 g/mol. The zero-order valence-electron chi connectivity index (χ0n) is 12.1. The van der Waals surface area contributed by atoms with Gasteiger partial charge in [-0.05, 0) is 30.3 Å². The highest BCUT2D eigenvalue weighted by molar-refractivity contribution is 7.16. The average Bonchev–Trinajstić information content (AvgIpc) is 3.01. The van der Waals surface area contributed by atoms with Gasteiger partial charge in [-0.1, -0.05) is 0 Å². The van der Waals surface area contributed by atoms with E-state index in [4.69, 9.17) is 9.47 Å². The van der Waals surface area contributed by atoms with Crippen molar-refractivity contribution in [2.24, 2.45) is 0 Å². The molecule has 2 aromatic carbocycles. The molecule has 0 fully saturated rings. The fraction of sp³-hybridized carbons (Fsp3) is 0.125. The molecule has 1 amide bonds. The van der Waals surface area contributed by atoms with Gasteiger partial charge in [-0.15, -0.1) is 11.3 Å². The number of carbonyl (C=O) groups excluding carboxylic acids is 1. The number of ether oxygens (including phenoxy) is 2. The van der Waals surface area contributed by atoms with Crippen LogP contribution in [-0.2, 0) is 0 Å². The number of hydrogen-bond acceptors (Lipinski definition) is 5. The number of methoxy groups -OCH3 is 2. The van der Waals surface area contributed by atoms with Crippen LogP contribution in [0.1, 0.15) is 10.4 Å². The Bertz CT molecular complexity index is 807. The molecule has 0 saturated heterocycles. The Morgan fingerprint density at radius 1 is 1.09 bits per heavy atom. The predicted octanol–water partition coefficient (Wildman–Crippen LogP) is 3.57. The number of anilines is 1. The number of benzene rings is 2. The van der Waals surface area contributed by atoms with E-state index in [1.165, 1.54) is 11.3 Å². The number of amides is 1. The Kier molecular flexibility index (Phi) is 3.93. The summed E-state index contributed by atoms with van der Waals surface area (Å²) in [4.78, 5) is 16.6. The molecule has 0 aliphatic rings. The molecule has 0 saturated carbocycles. The van der Waals surface area contributed by atoms with Gasteiger partial charge in [-0.3, -0.25) is 4.79 Å². The number of nitrogens with one attached hydrogen (secondary N) is 1. The van der Waals surface area contributed by atoms with Crippen molar-refractivity contribution >= 4 is 33.1 Å². The molecule has 3 rings (SSSR count). The molecule has 5 nitrogen and oxygen atoms in total. The second-order valence-corrected chi connectivity index (χ2v) is 5.48. The number of carbonyl (C=O) groups is 1. The van der Waals surface area contributed by atoms with Crippen LogP contribution < -0.4 is 14.8 Å². The Balaban J connectivity index is 1.87. The third-order valence-electron chi connectivity index (χ3n) is 3.20. The summed E-state index contributed by atoms with van der Waals surface area (Å²) in [6.07, 6.45) is 0. The summed E-state index contributed by atoms with van der Waals surface area (Å²) in [5, 5.41) is 2.87. The van der Waals surface area contributed by atoms with Crippen molar-refractivity contribution in [3.8, 4) is 11.5 Å². The summed E-state index contributed by atoms with van der Waals surface area (Å²) >= 11 is 1.53. The van der Waals surface area contributed by atoms with Crippen LogP contribution >= 0.6 is 11.3 Å². The molecule has 0 radical (unpaired) electrons. The van der Waals surface area contributed by atoms with Gasteiger partial charge in [0.05, 0.1) is 29.9 Å². The third-order valence-corrected chi connectivity index (χ3v) is 3.99. The molecule has 1 heterocycles. The molecular formula is C16H14N2O3S. The van der Waals surface area contributed by atoms with Crippen LogP contribution in [0.2, 0.25) is 0 Å². The summed E-state index contributed by atoms with van der Waals surface area (Å²) in [6.45, 7) is 0. The summed E-state index contributed by atoms with van der Waals surface area (Å²) in [5.41, 5.74) is 3.90. The molecule has 0 unspecified atom stereocenters. The van der Waals surface area contributed by atoms with Crippen molar-refractivity contribution < 1.29 is 14.3 Å². The van der Waals surface area contributed by atoms with Gasteiger partial charge in [0, 0.05) is 17.3 Å². The van der Waals surface area contributed by atoms with Gasteiger partial charge < -0.3 is 14.8 Å². The lowest BCUT2D eigenvalue weighted by Crippen LogP contribution is -2.12. The van der Waals surface area contributed by atoms with E-state index < -0.39 is 0 Å². The van der Waals surface area contributed by atoms with Crippen molar-refractivity contribution in [3.63, 3.8) is 0 Å². The first-order valence-electron chi connectivity index (χ1n) is 6.57. The zero-order valence-corrected chi connectivity index (χ0v) is 12.9. The van der Waals surface area contributed by atoms with Crippen molar-refractivity contribution in [2.45, 2.75) is 0 Å². The number of aromatic nitrogens is 1. The number of fused-ring (bicyclic) bond motifs is 1. The summed E-state index contributed by atoms with van der Waals surface area (Å²) in [6, 6.07) is 10.7. The maximum atomic E-state index is 12.4. The van der Waals surface area contributed by atoms with Gasteiger partial charge in [0.1, 0.15) is 11.5 Å². The van der Waals surface area contributed by atoms with Crippen LogP contribution in [0, 0.1) is 0 Å². The SMILES string of the molecule is COc1cc(OC)cc(C(=O)Nc2ccc3ncsc3c2)c1. The molecule has 1 N–H and O–H groups in total. The van der Waals surface area contributed by atoms with Gasteiger partial charge in [0.2, 0.25) is 0 Å². The third kappa shape index (κ3) is 2.87. The Labute approximate surface area is 131 Å². The second kappa shape index (κ2) is 6.03. The van der Waals surface area contributed by atoms with Crippen molar-refractivity contribution in [2.75, 3.05) is 19.5 Å². The summed E-state index contributed by atoms with van der Waals surface area (Å²) < 4.78 is 11.4. The van der Waals surface area contributed by atoms with Crippen molar-refractivity contribution in [3.05, 3.63) is 47.5 Å². The minimum absolute atomic E-state index is 0.221. The number of thiazole rings is 1. The molecule has 0 aliphatic carbocycles. The normalized spacial score (nSPS) is 10.5. The summed E-state index contributed by atoms with van der Waals surface area (Å²) in [5.74, 6) is 0.922. The maximum absolute atomic E-state index is 12.4. The molecule has 6 heteroatoms. The van der Waals surface area contributed by atoms with Crippen LogP contribution in [0.4, 0.5) is 5.69 Å². The molecule has 0 aliphatic heterocycles. The Morgan fingerprint density at radius 2 is 1.82 bits per heavy atom. The highest BCUT2D eigenvalue weighted by Gasteiger charge is 2.11. The topological polar surface area (TPSA) is 60.5 Å². The predicted molar refractivity (Wildman–Crippen MR) is 87.1 cm³/mol. The first-order valence-corrected chi connectivity index (χ1v) is 7.45. The van der Waals surface area contributed by atoms with Crippen LogP contribution in [0.25, 0.3) is 10.2 Å². The maximum Gasteiger partial charge on any atom is 0.255 e. The van der Waals surface area contributed by atoms with E-state index in [9.17, 15) is 4.79 Å².